The number of carbonyl (C=O) groups excluding carboxylic acids is 2. The van der Waals surface area contributed by atoms with E-state index < -0.39 is 0 Å². The van der Waals surface area contributed by atoms with Gasteiger partial charge in [-0.1, -0.05) is 12.1 Å². The molecule has 3 rings (SSSR count). The van der Waals surface area contributed by atoms with E-state index in [1.165, 1.54) is 18.3 Å². The van der Waals surface area contributed by atoms with E-state index in [1.807, 2.05) is 38.1 Å². The quantitative estimate of drug-likeness (QED) is 0.655. The van der Waals surface area contributed by atoms with E-state index >= 15 is 0 Å². The molecule has 3 aromatic rings. The average Bonchev–Trinajstić information content (AvgIpc) is 3.23. The van der Waals surface area contributed by atoms with Crippen molar-refractivity contribution in [2.75, 3.05) is 6.61 Å². The molecule has 2 heterocycles. The molecule has 0 bridgehead atoms. The van der Waals surface area contributed by atoms with Crippen LogP contribution in [0.4, 0.5) is 0 Å². The van der Waals surface area contributed by atoms with Crippen LogP contribution < -0.4 is 10.1 Å². The van der Waals surface area contributed by atoms with Gasteiger partial charge in [0, 0.05) is 5.39 Å². The number of hydrogen-bond donors (Lipinski definition) is 1. The summed E-state index contributed by atoms with van der Waals surface area (Å²) in [5, 5.41) is 3.83. The topological polar surface area (TPSA) is 68.5 Å². The van der Waals surface area contributed by atoms with Gasteiger partial charge in [-0.3, -0.25) is 9.59 Å². The Morgan fingerprint density at radius 3 is 2.68 bits per heavy atom. The number of Topliss-reactive ketones (excluding diaryl/α,β-unsaturated/α-hetero) is 1. The van der Waals surface area contributed by atoms with E-state index in [1.54, 1.807) is 12.1 Å². The number of benzene rings is 1. The first-order valence-electron chi connectivity index (χ1n) is 8.06. The van der Waals surface area contributed by atoms with E-state index in [4.69, 9.17) is 9.15 Å². The monoisotopic (exact) mass is 357 g/mol. The summed E-state index contributed by atoms with van der Waals surface area (Å²) in [7, 11) is 0. The third kappa shape index (κ3) is 3.58. The number of furan rings is 1. The second-order valence-corrected chi connectivity index (χ2v) is 6.76. The predicted octanol–water partition coefficient (Wildman–Crippen LogP) is 4.59. The Hall–Kier alpha value is -2.60. The van der Waals surface area contributed by atoms with E-state index in [9.17, 15) is 9.59 Å². The number of ether oxygens (including phenoxy) is 1. The molecule has 0 unspecified atom stereocenters. The van der Waals surface area contributed by atoms with Gasteiger partial charge in [0.25, 0.3) is 5.91 Å². The Labute approximate surface area is 149 Å². The smallest absolute Gasteiger partial charge is 0.261 e. The zero-order valence-electron chi connectivity index (χ0n) is 14.3. The summed E-state index contributed by atoms with van der Waals surface area (Å²) < 4.78 is 11.5. The van der Waals surface area contributed by atoms with Crippen molar-refractivity contribution in [2.45, 2.75) is 26.8 Å². The van der Waals surface area contributed by atoms with Crippen LogP contribution in [0.15, 0.2) is 40.8 Å². The van der Waals surface area contributed by atoms with Gasteiger partial charge in [-0.15, -0.1) is 11.3 Å². The van der Waals surface area contributed by atoms with Crippen LogP contribution in [0.5, 0.6) is 5.75 Å². The van der Waals surface area contributed by atoms with Crippen LogP contribution in [0, 0.1) is 0 Å². The zero-order valence-corrected chi connectivity index (χ0v) is 15.1. The lowest BCUT2D eigenvalue weighted by Crippen LogP contribution is -2.25. The molecule has 1 atom stereocenters. The third-order valence-corrected chi connectivity index (χ3v) is 4.96. The van der Waals surface area contributed by atoms with Gasteiger partial charge in [-0.2, -0.15) is 0 Å². The SMILES string of the molecule is CCOc1cccc2cc([C@@H](C)NC(=O)c3ccc(C(C)=O)s3)oc12. The second-order valence-electron chi connectivity index (χ2n) is 5.67. The highest BCUT2D eigenvalue weighted by Crippen LogP contribution is 2.31. The molecule has 25 heavy (non-hydrogen) atoms. The highest BCUT2D eigenvalue weighted by atomic mass is 32.1. The van der Waals surface area contributed by atoms with Crippen LogP contribution in [-0.4, -0.2) is 18.3 Å². The largest absolute Gasteiger partial charge is 0.490 e. The van der Waals surface area contributed by atoms with E-state index in [0.717, 1.165) is 5.39 Å². The standard InChI is InChI=1S/C19H19NO4S/c1-4-23-14-7-5-6-13-10-15(24-18(13)14)11(2)20-19(22)17-9-8-16(25-17)12(3)21/h5-11H,4H2,1-3H3,(H,20,22)/t11-/m1/s1. The number of fused-ring (bicyclic) bond motifs is 1. The van der Waals surface area contributed by atoms with Crippen molar-refractivity contribution >= 4 is 34.0 Å². The lowest BCUT2D eigenvalue weighted by molar-refractivity contribution is 0.0939. The minimum Gasteiger partial charge on any atom is -0.490 e. The maximum Gasteiger partial charge on any atom is 0.261 e. The van der Waals surface area contributed by atoms with Crippen molar-refractivity contribution in [2.24, 2.45) is 0 Å². The fourth-order valence-corrected chi connectivity index (χ4v) is 3.33. The maximum atomic E-state index is 12.4. The van der Waals surface area contributed by atoms with Crippen molar-refractivity contribution in [3.8, 4) is 5.75 Å². The van der Waals surface area contributed by atoms with Gasteiger partial charge in [0.2, 0.25) is 0 Å². The highest BCUT2D eigenvalue weighted by Gasteiger charge is 2.18. The summed E-state index contributed by atoms with van der Waals surface area (Å²) >= 11 is 1.19. The van der Waals surface area contributed by atoms with Crippen molar-refractivity contribution in [3.05, 3.63) is 51.9 Å². The highest BCUT2D eigenvalue weighted by molar-refractivity contribution is 7.15. The Balaban J connectivity index is 1.79. The fourth-order valence-electron chi connectivity index (χ4n) is 2.53. The van der Waals surface area contributed by atoms with Crippen LogP contribution in [0.2, 0.25) is 0 Å². The number of amides is 1. The van der Waals surface area contributed by atoms with Crippen molar-refractivity contribution in [1.29, 1.82) is 0 Å². The lowest BCUT2D eigenvalue weighted by Gasteiger charge is -2.10. The number of carbonyl (C=O) groups is 2. The van der Waals surface area contributed by atoms with Gasteiger partial charge >= 0.3 is 0 Å². The van der Waals surface area contributed by atoms with Crippen molar-refractivity contribution in [3.63, 3.8) is 0 Å². The molecule has 5 nitrogen and oxygen atoms in total. The summed E-state index contributed by atoms with van der Waals surface area (Å²) in [6, 6.07) is 10.6. The summed E-state index contributed by atoms with van der Waals surface area (Å²) in [6.07, 6.45) is 0. The molecule has 2 aromatic heterocycles. The molecule has 6 heteroatoms. The molecule has 0 saturated carbocycles. The molecule has 1 aromatic carbocycles. The first-order valence-corrected chi connectivity index (χ1v) is 8.88. The van der Waals surface area contributed by atoms with E-state index in [2.05, 4.69) is 5.32 Å². The molecule has 0 spiro atoms. The van der Waals surface area contributed by atoms with Crippen molar-refractivity contribution < 1.29 is 18.7 Å². The minimum atomic E-state index is -0.308. The number of rotatable bonds is 6. The molecule has 130 valence electrons. The van der Waals surface area contributed by atoms with Gasteiger partial charge in [0.1, 0.15) is 5.76 Å². The van der Waals surface area contributed by atoms with Gasteiger partial charge in [-0.05, 0) is 45.0 Å². The summed E-state index contributed by atoms with van der Waals surface area (Å²) in [4.78, 5) is 24.8. The summed E-state index contributed by atoms with van der Waals surface area (Å²) in [5.74, 6) is 1.07. The Morgan fingerprint density at radius 2 is 2.00 bits per heavy atom. The number of ketones is 1. The Bertz CT molecular complexity index is 925. The molecular weight excluding hydrogens is 338 g/mol. The van der Waals surface area contributed by atoms with Gasteiger partial charge in [0.15, 0.2) is 17.1 Å². The molecule has 0 radical (unpaired) electrons. The van der Waals surface area contributed by atoms with Crippen molar-refractivity contribution in [1.82, 2.24) is 5.32 Å². The van der Waals surface area contributed by atoms with Gasteiger partial charge < -0.3 is 14.5 Å². The normalized spacial score (nSPS) is 12.1. The van der Waals surface area contributed by atoms with Crippen LogP contribution in [0.3, 0.4) is 0 Å². The maximum absolute atomic E-state index is 12.4. The van der Waals surface area contributed by atoms with Gasteiger partial charge in [-0.25, -0.2) is 0 Å². The number of hydrogen-bond acceptors (Lipinski definition) is 5. The zero-order chi connectivity index (χ0) is 18.0. The number of para-hydroxylation sites is 1. The molecule has 0 aliphatic heterocycles. The first kappa shape index (κ1) is 17.2. The minimum absolute atomic E-state index is 0.0437. The fraction of sp³-hybridized carbons (Fsp3) is 0.263. The summed E-state index contributed by atoms with van der Waals surface area (Å²) in [6.45, 7) is 5.82. The van der Waals surface area contributed by atoms with Crippen LogP contribution in [0.25, 0.3) is 11.0 Å². The lowest BCUT2D eigenvalue weighted by atomic mass is 10.2. The Kier molecular flexibility index (Phi) is 4.90. The molecule has 0 aliphatic rings. The first-order chi connectivity index (χ1) is 12.0. The van der Waals surface area contributed by atoms with Gasteiger partial charge in [0.05, 0.1) is 22.4 Å². The summed E-state index contributed by atoms with van der Waals surface area (Å²) in [5.41, 5.74) is 0.676. The molecule has 1 N–H and O–H groups in total. The van der Waals surface area contributed by atoms with Crippen LogP contribution >= 0.6 is 11.3 Å². The van der Waals surface area contributed by atoms with Crippen LogP contribution in [0.1, 0.15) is 51.9 Å². The average molecular weight is 357 g/mol. The van der Waals surface area contributed by atoms with E-state index in [0.29, 0.717) is 33.5 Å². The molecule has 0 saturated heterocycles. The predicted molar refractivity (Wildman–Crippen MR) is 97.6 cm³/mol. The molecule has 0 fully saturated rings. The van der Waals surface area contributed by atoms with E-state index in [-0.39, 0.29) is 17.7 Å². The van der Waals surface area contributed by atoms with Crippen LogP contribution in [-0.2, 0) is 0 Å². The Morgan fingerprint density at radius 1 is 1.24 bits per heavy atom. The third-order valence-electron chi connectivity index (χ3n) is 3.78. The number of nitrogens with one attached hydrogen (secondary N) is 1. The molecular formula is C19H19NO4S. The molecule has 1 amide bonds. The molecule has 0 aliphatic carbocycles. The second kappa shape index (κ2) is 7.11. The number of thiophene rings is 1.